The van der Waals surface area contributed by atoms with Crippen molar-refractivity contribution in [2.75, 3.05) is 11.9 Å². The van der Waals surface area contributed by atoms with Crippen LogP contribution in [0.3, 0.4) is 0 Å². The van der Waals surface area contributed by atoms with E-state index in [1.54, 1.807) is 25.1 Å². The summed E-state index contributed by atoms with van der Waals surface area (Å²) in [5.41, 5.74) is 0. The quantitative estimate of drug-likeness (QED) is 0.446. The van der Waals surface area contributed by atoms with E-state index in [0.717, 1.165) is 12.8 Å². The fourth-order valence-electron chi connectivity index (χ4n) is 2.41. The van der Waals surface area contributed by atoms with Crippen molar-refractivity contribution in [2.45, 2.75) is 52.1 Å². The molecule has 0 aliphatic heterocycles. The molecule has 2 rings (SSSR count). The molecule has 2 N–H and O–H groups in total. The average Bonchev–Trinajstić information content (AvgIpc) is 3.34. The molecule has 28 heavy (non-hydrogen) atoms. The number of hydrogen-bond acceptors (Lipinski definition) is 7. The summed E-state index contributed by atoms with van der Waals surface area (Å²) in [6.45, 7) is 3.99. The highest BCUT2D eigenvalue weighted by molar-refractivity contribution is 5.94. The molecule has 0 spiro atoms. The Bertz CT molecular complexity index is 768. The van der Waals surface area contributed by atoms with Gasteiger partial charge in [-0.25, -0.2) is 0 Å². The van der Waals surface area contributed by atoms with Crippen molar-refractivity contribution < 1.29 is 28.1 Å². The van der Waals surface area contributed by atoms with Crippen molar-refractivity contribution in [3.05, 3.63) is 36.0 Å². The molecule has 0 aromatic carbocycles. The summed E-state index contributed by atoms with van der Waals surface area (Å²) in [5.74, 6) is -0.237. The van der Waals surface area contributed by atoms with E-state index in [-0.39, 0.29) is 23.9 Å². The van der Waals surface area contributed by atoms with Crippen molar-refractivity contribution in [1.29, 1.82) is 0 Å². The maximum absolute atomic E-state index is 12.4. The highest BCUT2D eigenvalue weighted by Crippen LogP contribution is 2.12. The summed E-state index contributed by atoms with van der Waals surface area (Å²) in [6, 6.07) is 4.75. The van der Waals surface area contributed by atoms with E-state index >= 15 is 0 Å². The number of esters is 1. The maximum atomic E-state index is 12.4. The molecule has 0 bridgehead atoms. The van der Waals surface area contributed by atoms with Crippen LogP contribution in [0, 0.1) is 6.92 Å². The number of carbonyl (C=O) groups is 3. The highest BCUT2D eigenvalue weighted by Gasteiger charge is 2.23. The Morgan fingerprint density at radius 1 is 1.29 bits per heavy atom. The molecule has 0 saturated heterocycles. The van der Waals surface area contributed by atoms with Crippen LogP contribution in [0.2, 0.25) is 0 Å². The lowest BCUT2D eigenvalue weighted by Gasteiger charge is -2.16. The van der Waals surface area contributed by atoms with Crippen LogP contribution in [-0.4, -0.2) is 35.6 Å². The number of aromatic nitrogens is 1. The van der Waals surface area contributed by atoms with Gasteiger partial charge in [-0.15, -0.1) is 0 Å². The average molecular weight is 391 g/mol. The van der Waals surface area contributed by atoms with E-state index in [1.807, 2.05) is 6.92 Å². The van der Waals surface area contributed by atoms with Crippen LogP contribution in [0.25, 0.3) is 0 Å². The number of aryl methyl sites for hydroxylation is 1. The number of furan rings is 1. The first kappa shape index (κ1) is 21.2. The third-order valence-corrected chi connectivity index (χ3v) is 3.85. The number of carbonyl (C=O) groups excluding carboxylic acids is 3. The van der Waals surface area contributed by atoms with Gasteiger partial charge in [0.1, 0.15) is 5.76 Å². The predicted molar refractivity (Wildman–Crippen MR) is 99.5 cm³/mol. The van der Waals surface area contributed by atoms with E-state index in [9.17, 15) is 14.4 Å². The molecule has 2 amide bonds. The van der Waals surface area contributed by atoms with Gasteiger partial charge in [0, 0.05) is 19.0 Å². The van der Waals surface area contributed by atoms with Crippen molar-refractivity contribution in [3.8, 4) is 0 Å². The van der Waals surface area contributed by atoms with E-state index in [1.165, 1.54) is 6.26 Å². The molecule has 9 heteroatoms. The first-order valence-corrected chi connectivity index (χ1v) is 9.25. The molecule has 0 radical (unpaired) electrons. The predicted octanol–water partition coefficient (Wildman–Crippen LogP) is 2.83. The summed E-state index contributed by atoms with van der Waals surface area (Å²) in [7, 11) is 0. The molecule has 152 valence electrons. The summed E-state index contributed by atoms with van der Waals surface area (Å²) in [5, 5.41) is 8.93. The van der Waals surface area contributed by atoms with Crippen LogP contribution in [0.5, 0.6) is 0 Å². The van der Waals surface area contributed by atoms with Gasteiger partial charge in [0.05, 0.1) is 6.26 Å². The SMILES string of the molecule is CCCCC(OC(=O)CCCNC(=O)c1ccco1)C(=O)Nc1cc(C)on1. The molecular formula is C19H25N3O6. The van der Waals surface area contributed by atoms with Gasteiger partial charge in [0.2, 0.25) is 0 Å². The second kappa shape index (κ2) is 10.9. The van der Waals surface area contributed by atoms with Crippen LogP contribution < -0.4 is 10.6 Å². The Balaban J connectivity index is 1.76. The Labute approximate surface area is 162 Å². The molecule has 2 aromatic heterocycles. The molecule has 0 saturated carbocycles. The number of rotatable bonds is 11. The van der Waals surface area contributed by atoms with E-state index in [0.29, 0.717) is 25.1 Å². The smallest absolute Gasteiger partial charge is 0.306 e. The van der Waals surface area contributed by atoms with Crippen molar-refractivity contribution in [3.63, 3.8) is 0 Å². The molecule has 0 aliphatic carbocycles. The number of hydrogen-bond donors (Lipinski definition) is 2. The zero-order valence-corrected chi connectivity index (χ0v) is 16.0. The highest BCUT2D eigenvalue weighted by atomic mass is 16.5. The van der Waals surface area contributed by atoms with Gasteiger partial charge < -0.3 is 24.3 Å². The standard InChI is InChI=1S/C19H25N3O6/c1-3-4-7-15(19(25)21-16-12-13(2)28-22-16)27-17(23)9-5-10-20-18(24)14-8-6-11-26-14/h6,8,11-12,15H,3-5,7,9-10H2,1-2H3,(H,20,24)(H,21,22,25). The first-order valence-electron chi connectivity index (χ1n) is 9.25. The summed E-state index contributed by atoms with van der Waals surface area (Å²) < 4.78 is 15.2. The Kier molecular flexibility index (Phi) is 8.26. The normalized spacial score (nSPS) is 11.6. The molecular weight excluding hydrogens is 366 g/mol. The Morgan fingerprint density at radius 2 is 2.11 bits per heavy atom. The van der Waals surface area contributed by atoms with Crippen LogP contribution >= 0.6 is 0 Å². The summed E-state index contributed by atoms with van der Waals surface area (Å²) in [6.07, 6.45) is 3.00. The molecule has 1 unspecified atom stereocenters. The van der Waals surface area contributed by atoms with Crippen LogP contribution in [0.15, 0.2) is 33.4 Å². The largest absolute Gasteiger partial charge is 0.459 e. The monoisotopic (exact) mass is 391 g/mol. The third kappa shape index (κ3) is 6.90. The lowest BCUT2D eigenvalue weighted by Crippen LogP contribution is -2.33. The number of amides is 2. The lowest BCUT2D eigenvalue weighted by molar-refractivity contribution is -0.154. The Morgan fingerprint density at radius 3 is 2.75 bits per heavy atom. The number of nitrogens with zero attached hydrogens (tertiary/aromatic N) is 1. The van der Waals surface area contributed by atoms with Gasteiger partial charge in [-0.05, 0) is 38.3 Å². The van der Waals surface area contributed by atoms with E-state index in [4.69, 9.17) is 13.7 Å². The minimum Gasteiger partial charge on any atom is -0.459 e. The third-order valence-electron chi connectivity index (χ3n) is 3.85. The maximum Gasteiger partial charge on any atom is 0.306 e. The second-order valence-electron chi connectivity index (χ2n) is 6.27. The van der Waals surface area contributed by atoms with Crippen molar-refractivity contribution in [2.24, 2.45) is 0 Å². The van der Waals surface area contributed by atoms with Crippen molar-refractivity contribution >= 4 is 23.6 Å². The van der Waals surface area contributed by atoms with E-state index in [2.05, 4.69) is 15.8 Å². The minimum absolute atomic E-state index is 0.0808. The Hall–Kier alpha value is -3.10. The van der Waals surface area contributed by atoms with E-state index < -0.39 is 18.0 Å². The summed E-state index contributed by atoms with van der Waals surface area (Å²) in [4.78, 5) is 36.2. The zero-order valence-electron chi connectivity index (χ0n) is 16.0. The van der Waals surface area contributed by atoms with Gasteiger partial charge in [0.15, 0.2) is 17.7 Å². The van der Waals surface area contributed by atoms with Gasteiger partial charge in [-0.3, -0.25) is 14.4 Å². The fourth-order valence-corrected chi connectivity index (χ4v) is 2.41. The van der Waals surface area contributed by atoms with Gasteiger partial charge in [-0.1, -0.05) is 18.5 Å². The van der Waals surface area contributed by atoms with Crippen molar-refractivity contribution in [1.82, 2.24) is 10.5 Å². The van der Waals surface area contributed by atoms with Crippen LogP contribution in [-0.2, 0) is 14.3 Å². The van der Waals surface area contributed by atoms with Gasteiger partial charge in [0.25, 0.3) is 11.8 Å². The number of nitrogens with one attached hydrogen (secondary N) is 2. The fraction of sp³-hybridized carbons (Fsp3) is 0.474. The molecule has 0 fully saturated rings. The topological polar surface area (TPSA) is 124 Å². The molecule has 9 nitrogen and oxygen atoms in total. The molecule has 1 atom stereocenters. The number of ether oxygens (including phenoxy) is 1. The van der Waals surface area contributed by atoms with Crippen LogP contribution in [0.1, 0.15) is 55.3 Å². The minimum atomic E-state index is -0.901. The second-order valence-corrected chi connectivity index (χ2v) is 6.27. The number of unbranched alkanes of at least 4 members (excludes halogenated alkanes) is 1. The zero-order chi connectivity index (χ0) is 20.4. The van der Waals surface area contributed by atoms with Gasteiger partial charge >= 0.3 is 5.97 Å². The number of anilines is 1. The lowest BCUT2D eigenvalue weighted by atomic mass is 10.1. The van der Waals surface area contributed by atoms with Gasteiger partial charge in [-0.2, -0.15) is 0 Å². The molecule has 0 aliphatic rings. The molecule has 2 heterocycles. The van der Waals surface area contributed by atoms with Crippen LogP contribution in [0.4, 0.5) is 5.82 Å². The molecule has 2 aromatic rings. The summed E-state index contributed by atoms with van der Waals surface area (Å²) >= 11 is 0. The first-order chi connectivity index (χ1) is 13.5.